The molecule has 3 aromatic rings. The van der Waals surface area contributed by atoms with Gasteiger partial charge in [0.05, 0.1) is 22.9 Å². The summed E-state index contributed by atoms with van der Waals surface area (Å²) in [6, 6.07) is 13.8. The lowest BCUT2D eigenvalue weighted by Gasteiger charge is -2.10. The van der Waals surface area contributed by atoms with Gasteiger partial charge >= 0.3 is 0 Å². The molecule has 0 aliphatic rings. The number of para-hydroxylation sites is 3. The molecular formula is C14H12N4O2S. The van der Waals surface area contributed by atoms with E-state index < -0.39 is 10.0 Å². The SMILES string of the molecule is NS(=O)(=O)c1ccccc1Nc1cnc2ccccc2n1. The molecule has 21 heavy (non-hydrogen) atoms. The van der Waals surface area contributed by atoms with E-state index in [1.807, 2.05) is 24.3 Å². The van der Waals surface area contributed by atoms with Gasteiger partial charge in [-0.2, -0.15) is 0 Å². The van der Waals surface area contributed by atoms with Crippen molar-refractivity contribution in [3.05, 3.63) is 54.7 Å². The number of anilines is 2. The summed E-state index contributed by atoms with van der Waals surface area (Å²) in [6.45, 7) is 0. The van der Waals surface area contributed by atoms with Crippen molar-refractivity contribution in [1.82, 2.24) is 9.97 Å². The lowest BCUT2D eigenvalue weighted by molar-refractivity contribution is 0.598. The molecule has 0 radical (unpaired) electrons. The Morgan fingerprint density at radius 1 is 0.952 bits per heavy atom. The fourth-order valence-electron chi connectivity index (χ4n) is 1.97. The van der Waals surface area contributed by atoms with Gasteiger partial charge in [-0.05, 0) is 24.3 Å². The Morgan fingerprint density at radius 2 is 1.62 bits per heavy atom. The summed E-state index contributed by atoms with van der Waals surface area (Å²) in [5.74, 6) is 0.449. The Morgan fingerprint density at radius 3 is 2.38 bits per heavy atom. The Balaban J connectivity index is 2.03. The number of primary sulfonamides is 1. The van der Waals surface area contributed by atoms with Crippen molar-refractivity contribution in [1.29, 1.82) is 0 Å². The zero-order valence-corrected chi connectivity index (χ0v) is 11.7. The van der Waals surface area contributed by atoms with Crippen LogP contribution in [0.2, 0.25) is 0 Å². The van der Waals surface area contributed by atoms with Crippen molar-refractivity contribution in [2.75, 3.05) is 5.32 Å². The van der Waals surface area contributed by atoms with Crippen LogP contribution < -0.4 is 10.5 Å². The lowest BCUT2D eigenvalue weighted by Crippen LogP contribution is -2.14. The minimum Gasteiger partial charge on any atom is -0.338 e. The third-order valence-corrected chi connectivity index (χ3v) is 3.87. The van der Waals surface area contributed by atoms with Crippen LogP contribution in [0.3, 0.4) is 0 Å². The topological polar surface area (TPSA) is 98.0 Å². The van der Waals surface area contributed by atoms with Crippen molar-refractivity contribution in [3.63, 3.8) is 0 Å². The highest BCUT2D eigenvalue weighted by atomic mass is 32.2. The molecule has 1 aromatic heterocycles. The molecule has 0 saturated carbocycles. The molecule has 0 aliphatic carbocycles. The molecular weight excluding hydrogens is 288 g/mol. The second kappa shape index (κ2) is 5.12. The maximum atomic E-state index is 11.6. The monoisotopic (exact) mass is 300 g/mol. The number of fused-ring (bicyclic) bond motifs is 1. The number of rotatable bonds is 3. The van der Waals surface area contributed by atoms with Crippen LogP contribution in [0.4, 0.5) is 11.5 Å². The number of hydrogen-bond donors (Lipinski definition) is 2. The van der Waals surface area contributed by atoms with Crippen LogP contribution in [-0.4, -0.2) is 18.4 Å². The van der Waals surface area contributed by atoms with Gasteiger partial charge in [-0.3, -0.25) is 4.98 Å². The van der Waals surface area contributed by atoms with Gasteiger partial charge in [-0.1, -0.05) is 24.3 Å². The molecule has 0 amide bonds. The molecule has 2 aromatic carbocycles. The number of nitrogens with two attached hydrogens (primary N) is 1. The summed E-state index contributed by atoms with van der Waals surface area (Å²) in [5, 5.41) is 8.14. The molecule has 106 valence electrons. The first kappa shape index (κ1) is 13.5. The quantitative estimate of drug-likeness (QED) is 0.771. The second-order valence-electron chi connectivity index (χ2n) is 4.41. The van der Waals surface area contributed by atoms with E-state index in [0.717, 1.165) is 11.0 Å². The highest BCUT2D eigenvalue weighted by molar-refractivity contribution is 7.89. The average Bonchev–Trinajstić information content (AvgIpc) is 2.46. The first-order chi connectivity index (χ1) is 10.0. The number of nitrogens with one attached hydrogen (secondary N) is 1. The molecule has 7 heteroatoms. The minimum atomic E-state index is -3.81. The van der Waals surface area contributed by atoms with Gasteiger partial charge in [0.25, 0.3) is 0 Å². The smallest absolute Gasteiger partial charge is 0.240 e. The normalized spacial score (nSPS) is 11.5. The van der Waals surface area contributed by atoms with Crippen molar-refractivity contribution < 1.29 is 8.42 Å². The van der Waals surface area contributed by atoms with Crippen LogP contribution in [0.25, 0.3) is 11.0 Å². The average molecular weight is 300 g/mol. The van der Waals surface area contributed by atoms with E-state index in [2.05, 4.69) is 15.3 Å². The van der Waals surface area contributed by atoms with Gasteiger partial charge in [-0.25, -0.2) is 18.5 Å². The summed E-state index contributed by atoms with van der Waals surface area (Å²) in [6.07, 6.45) is 1.54. The van der Waals surface area contributed by atoms with Gasteiger partial charge < -0.3 is 5.32 Å². The number of hydrogen-bond acceptors (Lipinski definition) is 5. The van der Waals surface area contributed by atoms with Crippen molar-refractivity contribution in [2.45, 2.75) is 4.90 Å². The molecule has 0 bridgehead atoms. The number of aromatic nitrogens is 2. The van der Waals surface area contributed by atoms with Gasteiger partial charge in [0.15, 0.2) is 0 Å². The molecule has 0 aliphatic heterocycles. The number of nitrogens with zero attached hydrogens (tertiary/aromatic N) is 2. The standard InChI is InChI=1S/C14H12N4O2S/c15-21(19,20)13-8-4-3-7-12(13)18-14-9-16-10-5-1-2-6-11(10)17-14/h1-9H,(H,17,18)(H2,15,19,20). The molecule has 0 spiro atoms. The van der Waals surface area contributed by atoms with Crippen LogP contribution in [0, 0.1) is 0 Å². The third-order valence-electron chi connectivity index (χ3n) is 2.90. The van der Waals surface area contributed by atoms with E-state index in [1.165, 1.54) is 6.07 Å². The molecule has 3 N–H and O–H groups in total. The van der Waals surface area contributed by atoms with E-state index >= 15 is 0 Å². The van der Waals surface area contributed by atoms with Crippen LogP contribution in [0.5, 0.6) is 0 Å². The summed E-state index contributed by atoms with van der Waals surface area (Å²) in [5.41, 5.74) is 1.85. The fraction of sp³-hybridized carbons (Fsp3) is 0. The van der Waals surface area contributed by atoms with Gasteiger partial charge in [0.1, 0.15) is 10.7 Å². The highest BCUT2D eigenvalue weighted by Crippen LogP contribution is 2.23. The molecule has 0 saturated heterocycles. The predicted molar refractivity (Wildman–Crippen MR) is 80.6 cm³/mol. The Kier molecular flexibility index (Phi) is 3.28. The fourth-order valence-corrected chi connectivity index (χ4v) is 2.67. The summed E-state index contributed by atoms with van der Waals surface area (Å²) >= 11 is 0. The maximum absolute atomic E-state index is 11.6. The van der Waals surface area contributed by atoms with E-state index in [9.17, 15) is 8.42 Å². The number of sulfonamides is 1. The lowest BCUT2D eigenvalue weighted by atomic mass is 10.3. The molecule has 0 fully saturated rings. The first-order valence-corrected chi connectivity index (χ1v) is 7.69. The van der Waals surface area contributed by atoms with E-state index in [0.29, 0.717) is 11.5 Å². The van der Waals surface area contributed by atoms with Crippen LogP contribution in [0.1, 0.15) is 0 Å². The van der Waals surface area contributed by atoms with Crippen LogP contribution in [-0.2, 0) is 10.0 Å². The molecule has 3 rings (SSSR count). The van der Waals surface area contributed by atoms with Crippen LogP contribution >= 0.6 is 0 Å². The molecule has 0 atom stereocenters. The maximum Gasteiger partial charge on any atom is 0.240 e. The van der Waals surface area contributed by atoms with E-state index in [1.54, 1.807) is 24.4 Å². The Bertz CT molecular complexity index is 910. The minimum absolute atomic E-state index is 0.0139. The zero-order chi connectivity index (χ0) is 14.9. The zero-order valence-electron chi connectivity index (χ0n) is 10.9. The van der Waals surface area contributed by atoms with Gasteiger partial charge in [-0.15, -0.1) is 0 Å². The predicted octanol–water partition coefficient (Wildman–Crippen LogP) is 2.02. The third kappa shape index (κ3) is 2.83. The van der Waals surface area contributed by atoms with Crippen molar-refractivity contribution in [2.24, 2.45) is 5.14 Å². The second-order valence-corrected chi connectivity index (χ2v) is 5.94. The highest BCUT2D eigenvalue weighted by Gasteiger charge is 2.13. The van der Waals surface area contributed by atoms with Crippen molar-refractivity contribution in [3.8, 4) is 0 Å². The molecule has 0 unspecified atom stereocenters. The van der Waals surface area contributed by atoms with E-state index in [-0.39, 0.29) is 4.90 Å². The Labute approximate surface area is 121 Å². The van der Waals surface area contributed by atoms with E-state index in [4.69, 9.17) is 5.14 Å². The largest absolute Gasteiger partial charge is 0.338 e. The van der Waals surface area contributed by atoms with Gasteiger partial charge in [0.2, 0.25) is 10.0 Å². The molecule has 6 nitrogen and oxygen atoms in total. The van der Waals surface area contributed by atoms with Gasteiger partial charge in [0, 0.05) is 0 Å². The summed E-state index contributed by atoms with van der Waals surface area (Å²) in [4.78, 5) is 8.66. The summed E-state index contributed by atoms with van der Waals surface area (Å²) in [7, 11) is -3.81. The van der Waals surface area contributed by atoms with Crippen LogP contribution in [0.15, 0.2) is 59.6 Å². The molecule has 1 heterocycles. The Hall–Kier alpha value is -2.51. The first-order valence-electron chi connectivity index (χ1n) is 6.15. The number of benzene rings is 2. The summed E-state index contributed by atoms with van der Waals surface area (Å²) < 4.78 is 23.1. The van der Waals surface area contributed by atoms with Crippen molar-refractivity contribution >= 4 is 32.6 Å².